The second-order valence-electron chi connectivity index (χ2n) is 4.99. The fourth-order valence-electron chi connectivity index (χ4n) is 2.52. The highest BCUT2D eigenvalue weighted by atomic mass is 16.3. The molecule has 0 spiro atoms. The average Bonchev–Trinajstić information content (AvgIpc) is 2.97. The van der Waals surface area contributed by atoms with E-state index in [1.807, 2.05) is 36.0 Å². The highest BCUT2D eigenvalue weighted by Gasteiger charge is 2.12. The maximum atomic E-state index is 10.4. The number of benzene rings is 2. The number of nitrogens with zero attached hydrogens (tertiary/aromatic N) is 2. The summed E-state index contributed by atoms with van der Waals surface area (Å²) in [5.41, 5.74) is 2.04. The van der Waals surface area contributed by atoms with Crippen LogP contribution in [0, 0.1) is 0 Å². The van der Waals surface area contributed by atoms with E-state index in [-0.39, 0.29) is 0 Å². The lowest BCUT2D eigenvalue weighted by Crippen LogP contribution is -2.01. The van der Waals surface area contributed by atoms with Gasteiger partial charge in [0, 0.05) is 24.7 Å². The van der Waals surface area contributed by atoms with Gasteiger partial charge in [-0.15, -0.1) is 0 Å². The molecule has 1 N–H and O–H groups in total. The molecule has 0 radical (unpaired) electrons. The number of aryl methyl sites for hydroxylation is 1. The third kappa shape index (κ3) is 2.45. The quantitative estimate of drug-likeness (QED) is 0.786. The van der Waals surface area contributed by atoms with Crippen LogP contribution in [-0.2, 0) is 13.0 Å². The van der Waals surface area contributed by atoms with Crippen LogP contribution in [-0.4, -0.2) is 14.9 Å². The zero-order chi connectivity index (χ0) is 13.9. The molecule has 0 aliphatic rings. The summed E-state index contributed by atoms with van der Waals surface area (Å²) in [6.07, 6.45) is 3.76. The molecule has 1 unspecified atom stereocenters. The lowest BCUT2D eigenvalue weighted by Gasteiger charge is -2.11. The van der Waals surface area contributed by atoms with Crippen molar-refractivity contribution >= 4 is 10.8 Å². The van der Waals surface area contributed by atoms with Gasteiger partial charge in [-0.3, -0.25) is 4.68 Å². The Morgan fingerprint density at radius 1 is 1.15 bits per heavy atom. The van der Waals surface area contributed by atoms with Crippen LogP contribution in [0.1, 0.15) is 24.2 Å². The van der Waals surface area contributed by atoms with E-state index in [9.17, 15) is 5.11 Å². The van der Waals surface area contributed by atoms with Gasteiger partial charge in [-0.25, -0.2) is 0 Å². The highest BCUT2D eigenvalue weighted by Crippen LogP contribution is 2.24. The van der Waals surface area contributed by atoms with Gasteiger partial charge in [0.05, 0.1) is 12.3 Å². The zero-order valence-corrected chi connectivity index (χ0v) is 11.5. The molecule has 0 fully saturated rings. The minimum atomic E-state index is -0.513. The molecule has 0 aliphatic heterocycles. The molecule has 20 heavy (non-hydrogen) atoms. The molecular formula is C17H18N2O. The van der Waals surface area contributed by atoms with Crippen molar-refractivity contribution in [2.24, 2.45) is 0 Å². The molecule has 0 saturated heterocycles. The lowest BCUT2D eigenvalue weighted by molar-refractivity contribution is 0.178. The van der Waals surface area contributed by atoms with Crippen molar-refractivity contribution in [1.82, 2.24) is 9.78 Å². The molecule has 0 aliphatic carbocycles. The van der Waals surface area contributed by atoms with Crippen LogP contribution in [0.2, 0.25) is 0 Å². The van der Waals surface area contributed by atoms with Crippen LogP contribution in [0.5, 0.6) is 0 Å². The van der Waals surface area contributed by atoms with E-state index < -0.39 is 6.10 Å². The fourth-order valence-corrected chi connectivity index (χ4v) is 2.52. The Labute approximate surface area is 118 Å². The van der Waals surface area contributed by atoms with Gasteiger partial charge in [0.15, 0.2) is 0 Å². The van der Waals surface area contributed by atoms with Crippen LogP contribution in [0.4, 0.5) is 0 Å². The molecule has 102 valence electrons. The van der Waals surface area contributed by atoms with E-state index in [4.69, 9.17) is 0 Å². The number of hydrogen-bond donors (Lipinski definition) is 1. The molecule has 1 aromatic heterocycles. The summed E-state index contributed by atoms with van der Waals surface area (Å²) < 4.78 is 1.83. The molecule has 3 rings (SSSR count). The van der Waals surface area contributed by atoms with Crippen molar-refractivity contribution < 1.29 is 5.11 Å². The van der Waals surface area contributed by atoms with Gasteiger partial charge in [0.1, 0.15) is 0 Å². The first-order chi connectivity index (χ1) is 9.78. The third-order valence-electron chi connectivity index (χ3n) is 3.66. The van der Waals surface area contributed by atoms with Crippen LogP contribution in [0.3, 0.4) is 0 Å². The van der Waals surface area contributed by atoms with Gasteiger partial charge in [0.2, 0.25) is 0 Å². The summed E-state index contributed by atoms with van der Waals surface area (Å²) in [5.74, 6) is 0. The summed E-state index contributed by atoms with van der Waals surface area (Å²) in [4.78, 5) is 0. The van der Waals surface area contributed by atoms with E-state index in [2.05, 4.69) is 29.4 Å². The molecule has 3 heteroatoms. The SMILES string of the molecule is CCn1cc(C(O)Cc2cccc3ccccc23)cn1. The van der Waals surface area contributed by atoms with E-state index in [0.29, 0.717) is 6.42 Å². The van der Waals surface area contributed by atoms with Crippen molar-refractivity contribution in [2.45, 2.75) is 26.0 Å². The first-order valence-corrected chi connectivity index (χ1v) is 6.95. The topological polar surface area (TPSA) is 38.0 Å². The maximum absolute atomic E-state index is 10.4. The van der Waals surface area contributed by atoms with Gasteiger partial charge >= 0.3 is 0 Å². The monoisotopic (exact) mass is 266 g/mol. The summed E-state index contributed by atoms with van der Waals surface area (Å²) >= 11 is 0. The van der Waals surface area contributed by atoms with Crippen molar-refractivity contribution in [3.05, 3.63) is 66.0 Å². The van der Waals surface area contributed by atoms with Crippen LogP contribution < -0.4 is 0 Å². The van der Waals surface area contributed by atoms with E-state index in [0.717, 1.165) is 12.1 Å². The predicted molar refractivity (Wildman–Crippen MR) is 80.5 cm³/mol. The average molecular weight is 266 g/mol. The molecular weight excluding hydrogens is 248 g/mol. The largest absolute Gasteiger partial charge is 0.388 e. The Bertz CT molecular complexity index is 712. The van der Waals surface area contributed by atoms with Crippen molar-refractivity contribution in [3.8, 4) is 0 Å². The molecule has 3 aromatic rings. The Morgan fingerprint density at radius 3 is 2.75 bits per heavy atom. The summed E-state index contributed by atoms with van der Waals surface area (Å²) in [6.45, 7) is 2.86. The fraction of sp³-hybridized carbons (Fsp3) is 0.235. The van der Waals surface area contributed by atoms with E-state index in [1.165, 1.54) is 16.3 Å². The Balaban J connectivity index is 1.89. The molecule has 2 aromatic carbocycles. The van der Waals surface area contributed by atoms with E-state index in [1.54, 1.807) is 6.20 Å². The minimum Gasteiger partial charge on any atom is -0.388 e. The molecule has 1 heterocycles. The second kappa shape index (κ2) is 5.47. The van der Waals surface area contributed by atoms with Gasteiger partial charge < -0.3 is 5.11 Å². The number of aliphatic hydroxyl groups excluding tert-OH is 1. The van der Waals surface area contributed by atoms with Gasteiger partial charge in [0.25, 0.3) is 0 Å². The maximum Gasteiger partial charge on any atom is 0.0861 e. The Morgan fingerprint density at radius 2 is 1.95 bits per heavy atom. The molecule has 0 bridgehead atoms. The van der Waals surface area contributed by atoms with Crippen molar-refractivity contribution in [3.63, 3.8) is 0 Å². The number of aromatic nitrogens is 2. The lowest BCUT2D eigenvalue weighted by atomic mass is 9.98. The molecule has 0 saturated carbocycles. The summed E-state index contributed by atoms with van der Waals surface area (Å²) in [5, 5.41) is 17.0. The zero-order valence-electron chi connectivity index (χ0n) is 11.5. The smallest absolute Gasteiger partial charge is 0.0861 e. The van der Waals surface area contributed by atoms with Gasteiger partial charge in [-0.1, -0.05) is 42.5 Å². The number of hydrogen-bond acceptors (Lipinski definition) is 2. The molecule has 1 atom stereocenters. The standard InChI is InChI=1S/C17H18N2O/c1-2-19-12-15(11-18-19)17(20)10-14-8-5-7-13-6-3-4-9-16(13)14/h3-9,11-12,17,20H,2,10H2,1H3. The Hall–Kier alpha value is -2.13. The first kappa shape index (κ1) is 12.9. The summed E-state index contributed by atoms with van der Waals surface area (Å²) in [6, 6.07) is 14.5. The normalized spacial score (nSPS) is 12.7. The number of fused-ring (bicyclic) bond motifs is 1. The van der Waals surface area contributed by atoms with Crippen LogP contribution in [0.25, 0.3) is 10.8 Å². The first-order valence-electron chi connectivity index (χ1n) is 6.95. The van der Waals surface area contributed by atoms with E-state index >= 15 is 0 Å². The number of rotatable bonds is 4. The molecule has 0 amide bonds. The third-order valence-corrected chi connectivity index (χ3v) is 3.66. The highest BCUT2D eigenvalue weighted by molar-refractivity contribution is 5.85. The van der Waals surface area contributed by atoms with Gasteiger partial charge in [-0.2, -0.15) is 5.10 Å². The van der Waals surface area contributed by atoms with Crippen molar-refractivity contribution in [1.29, 1.82) is 0 Å². The second-order valence-corrected chi connectivity index (χ2v) is 4.99. The minimum absolute atomic E-state index is 0.513. The summed E-state index contributed by atoms with van der Waals surface area (Å²) in [7, 11) is 0. The van der Waals surface area contributed by atoms with Crippen LogP contribution in [0.15, 0.2) is 54.9 Å². The van der Waals surface area contributed by atoms with Crippen LogP contribution >= 0.6 is 0 Å². The number of aliphatic hydroxyl groups is 1. The van der Waals surface area contributed by atoms with Gasteiger partial charge in [-0.05, 0) is 23.3 Å². The Kier molecular flexibility index (Phi) is 3.52. The predicted octanol–water partition coefficient (Wildman–Crippen LogP) is 3.33. The van der Waals surface area contributed by atoms with Crippen molar-refractivity contribution in [2.75, 3.05) is 0 Å². The molecule has 3 nitrogen and oxygen atoms in total.